The van der Waals surface area contributed by atoms with Crippen molar-refractivity contribution in [3.05, 3.63) is 0 Å². The Morgan fingerprint density at radius 1 is 1.05 bits per heavy atom. The van der Waals surface area contributed by atoms with Crippen LogP contribution in [0.1, 0.15) is 57.8 Å². The lowest BCUT2D eigenvalue weighted by molar-refractivity contribution is -0.150. The summed E-state index contributed by atoms with van der Waals surface area (Å²) in [5.41, 5.74) is 4.95. The van der Waals surface area contributed by atoms with Gasteiger partial charge in [-0.05, 0) is 25.7 Å². The molecule has 0 saturated heterocycles. The smallest absolute Gasteiger partial charge is 0.329 e. The summed E-state index contributed by atoms with van der Waals surface area (Å²) in [5.74, 6) is -1.27. The largest absolute Gasteiger partial charge is 0.480 e. The van der Waals surface area contributed by atoms with Gasteiger partial charge in [-0.2, -0.15) is 0 Å². The number of carboxylic acids is 1. The van der Waals surface area contributed by atoms with Crippen LogP contribution in [0.15, 0.2) is 0 Å². The van der Waals surface area contributed by atoms with Gasteiger partial charge >= 0.3 is 5.97 Å². The Morgan fingerprint density at radius 2 is 1.68 bits per heavy atom. The number of nitrogens with one attached hydrogen (secondary N) is 1. The quantitative estimate of drug-likeness (QED) is 0.721. The number of carbonyl (C=O) groups excluding carboxylic acids is 1. The molecule has 2 unspecified atom stereocenters. The van der Waals surface area contributed by atoms with Crippen molar-refractivity contribution >= 4 is 11.9 Å². The molecular formula is C14H24N2O3. The summed E-state index contributed by atoms with van der Waals surface area (Å²) in [6, 6.07) is -0.122. The lowest BCUT2D eigenvalue weighted by Crippen LogP contribution is -2.58. The molecule has 0 aromatic heterocycles. The molecule has 4 N–H and O–H groups in total. The standard InChI is InChI=1S/C14H24N2O3/c15-11-7-3-2-6-10(11)12(17)16-14(13(18)19)8-4-1-5-9-14/h10-11H,1-9,15H2,(H,16,17)(H,18,19). The average molecular weight is 268 g/mol. The molecule has 0 aliphatic heterocycles. The number of hydrogen-bond donors (Lipinski definition) is 3. The predicted molar refractivity (Wildman–Crippen MR) is 71.5 cm³/mol. The maximum atomic E-state index is 12.3. The van der Waals surface area contributed by atoms with E-state index >= 15 is 0 Å². The first-order chi connectivity index (χ1) is 9.05. The first-order valence-electron chi connectivity index (χ1n) is 7.36. The number of rotatable bonds is 3. The maximum Gasteiger partial charge on any atom is 0.329 e. The highest BCUT2D eigenvalue weighted by Crippen LogP contribution is 2.30. The Kier molecular flexibility index (Phi) is 4.45. The Labute approximate surface area is 113 Å². The van der Waals surface area contributed by atoms with Crippen LogP contribution < -0.4 is 11.1 Å². The van der Waals surface area contributed by atoms with Gasteiger partial charge in [0.2, 0.25) is 5.91 Å². The SMILES string of the molecule is NC1CCCCC1C(=O)NC1(C(=O)O)CCCCC1. The molecule has 2 atom stereocenters. The predicted octanol–water partition coefficient (Wildman–Crippen LogP) is 1.41. The van der Waals surface area contributed by atoms with Gasteiger partial charge in [-0.25, -0.2) is 4.79 Å². The third kappa shape index (κ3) is 3.08. The molecule has 1 amide bonds. The lowest BCUT2D eigenvalue weighted by Gasteiger charge is -2.37. The average Bonchev–Trinajstić information content (AvgIpc) is 2.40. The van der Waals surface area contributed by atoms with Gasteiger partial charge in [0, 0.05) is 6.04 Å². The molecule has 5 nitrogen and oxygen atoms in total. The molecule has 0 aromatic rings. The van der Waals surface area contributed by atoms with Crippen LogP contribution in [0.4, 0.5) is 0 Å². The Morgan fingerprint density at radius 3 is 2.26 bits per heavy atom. The van der Waals surface area contributed by atoms with E-state index in [1.165, 1.54) is 0 Å². The van der Waals surface area contributed by atoms with Crippen molar-refractivity contribution in [2.24, 2.45) is 11.7 Å². The number of carbonyl (C=O) groups is 2. The monoisotopic (exact) mass is 268 g/mol. The Hall–Kier alpha value is -1.10. The van der Waals surface area contributed by atoms with E-state index < -0.39 is 11.5 Å². The minimum absolute atomic E-state index is 0.122. The van der Waals surface area contributed by atoms with Crippen molar-refractivity contribution in [3.63, 3.8) is 0 Å². The third-order valence-electron chi connectivity index (χ3n) is 4.64. The van der Waals surface area contributed by atoms with E-state index in [4.69, 9.17) is 5.73 Å². The van der Waals surface area contributed by atoms with Crippen LogP contribution in [0.25, 0.3) is 0 Å². The molecule has 2 aliphatic rings. The van der Waals surface area contributed by atoms with Gasteiger partial charge in [-0.3, -0.25) is 4.79 Å². The van der Waals surface area contributed by atoms with Crippen LogP contribution in [0.3, 0.4) is 0 Å². The van der Waals surface area contributed by atoms with E-state index in [-0.39, 0.29) is 17.9 Å². The van der Waals surface area contributed by atoms with E-state index in [0.717, 1.165) is 44.9 Å². The van der Waals surface area contributed by atoms with Gasteiger partial charge in [0.25, 0.3) is 0 Å². The van der Waals surface area contributed by atoms with Crippen LogP contribution in [0.5, 0.6) is 0 Å². The third-order valence-corrected chi connectivity index (χ3v) is 4.64. The number of nitrogens with two attached hydrogens (primary N) is 1. The zero-order valence-corrected chi connectivity index (χ0v) is 11.4. The van der Waals surface area contributed by atoms with E-state index in [1.807, 2.05) is 0 Å². The molecule has 0 radical (unpaired) electrons. The number of carboxylic acid groups (broad SMARTS) is 1. The molecule has 19 heavy (non-hydrogen) atoms. The van der Waals surface area contributed by atoms with Crippen molar-refractivity contribution in [1.82, 2.24) is 5.32 Å². The number of hydrogen-bond acceptors (Lipinski definition) is 3. The summed E-state index contributed by atoms with van der Waals surface area (Å²) in [6.45, 7) is 0. The highest BCUT2D eigenvalue weighted by atomic mass is 16.4. The van der Waals surface area contributed by atoms with Crippen molar-refractivity contribution in [3.8, 4) is 0 Å². The highest BCUT2D eigenvalue weighted by molar-refractivity contribution is 5.88. The topological polar surface area (TPSA) is 92.4 Å². The second-order valence-electron chi connectivity index (χ2n) is 5.99. The van der Waals surface area contributed by atoms with Crippen LogP contribution in [0.2, 0.25) is 0 Å². The van der Waals surface area contributed by atoms with Crippen molar-refractivity contribution in [1.29, 1.82) is 0 Å². The summed E-state index contributed by atoms with van der Waals surface area (Å²) in [7, 11) is 0. The maximum absolute atomic E-state index is 12.3. The summed E-state index contributed by atoms with van der Waals surface area (Å²) in [6.07, 6.45) is 7.56. The van der Waals surface area contributed by atoms with Gasteiger partial charge in [-0.1, -0.05) is 32.1 Å². The van der Waals surface area contributed by atoms with Crippen LogP contribution in [0, 0.1) is 5.92 Å². The first-order valence-corrected chi connectivity index (χ1v) is 7.36. The molecular weight excluding hydrogens is 244 g/mol. The first kappa shape index (κ1) is 14.3. The fourth-order valence-corrected chi connectivity index (χ4v) is 3.36. The lowest BCUT2D eigenvalue weighted by atomic mass is 9.79. The van der Waals surface area contributed by atoms with E-state index in [0.29, 0.717) is 12.8 Å². The minimum atomic E-state index is -1.05. The van der Waals surface area contributed by atoms with Gasteiger partial charge in [0.1, 0.15) is 5.54 Å². The van der Waals surface area contributed by atoms with Gasteiger partial charge < -0.3 is 16.2 Å². The summed E-state index contributed by atoms with van der Waals surface area (Å²) >= 11 is 0. The molecule has 0 aromatic carbocycles. The van der Waals surface area contributed by atoms with E-state index in [2.05, 4.69) is 5.32 Å². The highest BCUT2D eigenvalue weighted by Gasteiger charge is 2.42. The normalized spacial score (nSPS) is 30.6. The van der Waals surface area contributed by atoms with Crippen LogP contribution in [-0.2, 0) is 9.59 Å². The minimum Gasteiger partial charge on any atom is -0.480 e. The van der Waals surface area contributed by atoms with Crippen molar-refractivity contribution in [2.45, 2.75) is 69.4 Å². The van der Waals surface area contributed by atoms with Crippen LogP contribution >= 0.6 is 0 Å². The second kappa shape index (κ2) is 5.90. The molecule has 2 aliphatic carbocycles. The number of aliphatic carboxylic acids is 1. The molecule has 2 fully saturated rings. The fourth-order valence-electron chi connectivity index (χ4n) is 3.36. The summed E-state index contributed by atoms with van der Waals surface area (Å²) in [5, 5.41) is 12.3. The van der Waals surface area contributed by atoms with E-state index in [9.17, 15) is 14.7 Å². The van der Waals surface area contributed by atoms with Crippen LogP contribution in [-0.4, -0.2) is 28.6 Å². The Bertz CT molecular complexity index is 351. The molecule has 108 valence electrons. The van der Waals surface area contributed by atoms with Gasteiger partial charge in [0.05, 0.1) is 5.92 Å². The van der Waals surface area contributed by atoms with Crippen molar-refractivity contribution < 1.29 is 14.7 Å². The zero-order valence-electron chi connectivity index (χ0n) is 11.4. The Balaban J connectivity index is 2.04. The molecule has 0 heterocycles. The second-order valence-corrected chi connectivity index (χ2v) is 5.99. The van der Waals surface area contributed by atoms with Gasteiger partial charge in [0.15, 0.2) is 0 Å². The molecule has 2 saturated carbocycles. The van der Waals surface area contributed by atoms with Gasteiger partial charge in [-0.15, -0.1) is 0 Å². The van der Waals surface area contributed by atoms with Crippen molar-refractivity contribution in [2.75, 3.05) is 0 Å². The molecule has 0 bridgehead atoms. The summed E-state index contributed by atoms with van der Waals surface area (Å²) < 4.78 is 0. The summed E-state index contributed by atoms with van der Waals surface area (Å²) in [4.78, 5) is 23.9. The fraction of sp³-hybridized carbons (Fsp3) is 0.857. The molecule has 2 rings (SSSR count). The molecule has 0 spiro atoms. The molecule has 5 heteroatoms. The number of amides is 1. The zero-order chi connectivity index (χ0) is 13.9. The van der Waals surface area contributed by atoms with E-state index in [1.54, 1.807) is 0 Å².